The predicted molar refractivity (Wildman–Crippen MR) is 71.3 cm³/mol. The van der Waals surface area contributed by atoms with Gasteiger partial charge in [0.2, 0.25) is 0 Å². The maximum absolute atomic E-state index is 12.9. The van der Waals surface area contributed by atoms with Crippen molar-refractivity contribution in [3.05, 3.63) is 53.1 Å². The van der Waals surface area contributed by atoms with Gasteiger partial charge in [-0.25, -0.2) is 4.39 Å². The molecule has 5 heteroatoms. The van der Waals surface area contributed by atoms with Gasteiger partial charge in [-0.2, -0.15) is 5.10 Å². The summed E-state index contributed by atoms with van der Waals surface area (Å²) < 4.78 is 19.9. The Morgan fingerprint density at radius 1 is 1.40 bits per heavy atom. The Balaban J connectivity index is 1.83. The number of ether oxygens (including phenoxy) is 1. The van der Waals surface area contributed by atoms with Crippen molar-refractivity contribution in [2.75, 3.05) is 13.2 Å². The molecule has 0 radical (unpaired) electrons. The number of aldehydes is 1. The van der Waals surface area contributed by atoms with Gasteiger partial charge in [-0.15, -0.1) is 0 Å². The number of carbonyl (C=O) groups is 1. The fourth-order valence-corrected chi connectivity index (χ4v) is 2.47. The highest BCUT2D eigenvalue weighted by Crippen LogP contribution is 2.26. The summed E-state index contributed by atoms with van der Waals surface area (Å²) in [5, 5.41) is 4.49. The number of carbonyl (C=O) groups excluding carboxylic acids is 1. The van der Waals surface area contributed by atoms with Gasteiger partial charge in [-0.1, -0.05) is 12.1 Å². The fraction of sp³-hybridized carbons (Fsp3) is 0.333. The van der Waals surface area contributed by atoms with E-state index in [2.05, 4.69) is 5.10 Å². The zero-order valence-corrected chi connectivity index (χ0v) is 11.0. The van der Waals surface area contributed by atoms with Crippen LogP contribution in [0.4, 0.5) is 4.39 Å². The molecular formula is C15H15FN2O2. The van der Waals surface area contributed by atoms with Crippen LogP contribution in [0.2, 0.25) is 0 Å². The van der Waals surface area contributed by atoms with E-state index in [1.165, 1.54) is 12.1 Å². The minimum atomic E-state index is -0.258. The molecule has 1 aromatic heterocycles. The summed E-state index contributed by atoms with van der Waals surface area (Å²) in [6, 6.07) is 6.28. The number of hydrogen-bond donors (Lipinski definition) is 0. The van der Waals surface area contributed by atoms with E-state index >= 15 is 0 Å². The number of hydrogen-bond acceptors (Lipinski definition) is 3. The quantitative estimate of drug-likeness (QED) is 0.804. The van der Waals surface area contributed by atoms with Crippen molar-refractivity contribution in [1.82, 2.24) is 9.78 Å². The van der Waals surface area contributed by atoms with Crippen molar-refractivity contribution in [3.63, 3.8) is 0 Å². The lowest BCUT2D eigenvalue weighted by Gasteiger charge is -2.04. The molecule has 1 saturated heterocycles. The maximum atomic E-state index is 12.9. The van der Waals surface area contributed by atoms with Gasteiger partial charge >= 0.3 is 0 Å². The maximum Gasteiger partial charge on any atom is 0.153 e. The molecule has 1 atom stereocenters. The molecule has 1 unspecified atom stereocenters. The smallest absolute Gasteiger partial charge is 0.153 e. The lowest BCUT2D eigenvalue weighted by Crippen LogP contribution is -2.04. The molecule has 0 saturated carbocycles. The minimum Gasteiger partial charge on any atom is -0.381 e. The van der Waals surface area contributed by atoms with Crippen molar-refractivity contribution in [1.29, 1.82) is 0 Å². The summed E-state index contributed by atoms with van der Waals surface area (Å²) in [6.45, 7) is 1.86. The topological polar surface area (TPSA) is 44.1 Å². The van der Waals surface area contributed by atoms with Crippen molar-refractivity contribution >= 4 is 6.29 Å². The first-order valence-electron chi connectivity index (χ1n) is 6.61. The summed E-state index contributed by atoms with van der Waals surface area (Å²) in [5.41, 5.74) is 2.36. The average Bonchev–Trinajstić information content (AvgIpc) is 3.10. The van der Waals surface area contributed by atoms with E-state index in [9.17, 15) is 9.18 Å². The number of rotatable bonds is 4. The number of benzene rings is 1. The van der Waals surface area contributed by atoms with Gasteiger partial charge in [-0.05, 0) is 24.1 Å². The van der Waals surface area contributed by atoms with Crippen LogP contribution < -0.4 is 0 Å². The van der Waals surface area contributed by atoms with E-state index in [0.717, 1.165) is 24.0 Å². The molecule has 2 aromatic rings. The van der Waals surface area contributed by atoms with Gasteiger partial charge in [0.05, 0.1) is 24.4 Å². The third kappa shape index (κ3) is 2.63. The Morgan fingerprint density at radius 3 is 2.85 bits per heavy atom. The van der Waals surface area contributed by atoms with Crippen molar-refractivity contribution < 1.29 is 13.9 Å². The molecule has 104 valence electrons. The Hall–Kier alpha value is -2.01. The molecule has 2 heterocycles. The summed E-state index contributed by atoms with van der Waals surface area (Å²) in [4.78, 5) is 11.2. The van der Waals surface area contributed by atoms with Crippen LogP contribution in [0.5, 0.6) is 0 Å². The second-order valence-corrected chi connectivity index (χ2v) is 4.97. The zero-order valence-electron chi connectivity index (χ0n) is 11.0. The first-order valence-corrected chi connectivity index (χ1v) is 6.61. The molecule has 1 aromatic carbocycles. The van der Waals surface area contributed by atoms with Crippen molar-refractivity contribution in [3.8, 4) is 0 Å². The van der Waals surface area contributed by atoms with Crippen molar-refractivity contribution in [2.24, 2.45) is 0 Å². The summed E-state index contributed by atoms with van der Waals surface area (Å²) >= 11 is 0. The molecule has 20 heavy (non-hydrogen) atoms. The van der Waals surface area contributed by atoms with Crippen LogP contribution >= 0.6 is 0 Å². The molecule has 4 nitrogen and oxygen atoms in total. The molecule has 0 aliphatic carbocycles. The highest BCUT2D eigenvalue weighted by molar-refractivity contribution is 5.76. The molecule has 1 fully saturated rings. The van der Waals surface area contributed by atoms with Crippen molar-refractivity contribution in [2.45, 2.75) is 18.9 Å². The summed E-state index contributed by atoms with van der Waals surface area (Å²) in [7, 11) is 0. The largest absolute Gasteiger partial charge is 0.381 e. The molecule has 0 bridgehead atoms. The van der Waals surface area contributed by atoms with Crippen LogP contribution in [0.3, 0.4) is 0 Å². The third-order valence-corrected chi connectivity index (χ3v) is 3.52. The molecular weight excluding hydrogens is 259 g/mol. The molecule has 1 aliphatic rings. The Labute approximate surface area is 116 Å². The van der Waals surface area contributed by atoms with E-state index in [0.29, 0.717) is 25.3 Å². The normalized spacial score (nSPS) is 18.4. The monoisotopic (exact) mass is 274 g/mol. The molecule has 0 amide bonds. The number of aromatic nitrogens is 2. The minimum absolute atomic E-state index is 0.199. The summed E-state index contributed by atoms with van der Waals surface area (Å²) in [6.07, 6.45) is 3.47. The van der Waals surface area contributed by atoms with E-state index in [1.54, 1.807) is 23.0 Å². The van der Waals surface area contributed by atoms with Crippen LogP contribution in [0, 0.1) is 5.82 Å². The van der Waals surface area contributed by atoms with Gasteiger partial charge in [-0.3, -0.25) is 9.48 Å². The SMILES string of the molecule is O=Cc1cn(Cc2ccc(F)cc2)nc1C1CCOC1. The van der Waals surface area contributed by atoms with Crippen LogP contribution in [-0.2, 0) is 11.3 Å². The Kier molecular flexibility index (Phi) is 3.60. The van der Waals surface area contributed by atoms with Gasteiger partial charge < -0.3 is 4.74 Å². The number of halogens is 1. The van der Waals surface area contributed by atoms with Gasteiger partial charge in [0.25, 0.3) is 0 Å². The molecule has 0 N–H and O–H groups in total. The van der Waals surface area contributed by atoms with Gasteiger partial charge in [0, 0.05) is 18.7 Å². The highest BCUT2D eigenvalue weighted by atomic mass is 19.1. The first-order chi connectivity index (χ1) is 9.76. The summed E-state index contributed by atoms with van der Waals surface area (Å²) in [5.74, 6) is -0.0590. The lowest BCUT2D eigenvalue weighted by molar-refractivity contribution is 0.112. The standard InChI is InChI=1S/C15H15FN2O2/c16-14-3-1-11(2-4-14)7-18-8-13(9-19)15(17-18)12-5-6-20-10-12/h1-4,8-9,12H,5-7,10H2. The fourth-order valence-electron chi connectivity index (χ4n) is 2.47. The highest BCUT2D eigenvalue weighted by Gasteiger charge is 2.23. The Morgan fingerprint density at radius 2 is 2.20 bits per heavy atom. The lowest BCUT2D eigenvalue weighted by atomic mass is 10.0. The van der Waals surface area contributed by atoms with E-state index < -0.39 is 0 Å². The van der Waals surface area contributed by atoms with Crippen LogP contribution in [-0.4, -0.2) is 29.3 Å². The van der Waals surface area contributed by atoms with Gasteiger partial charge in [0.1, 0.15) is 5.82 Å². The van der Waals surface area contributed by atoms with E-state index in [4.69, 9.17) is 4.74 Å². The van der Waals surface area contributed by atoms with E-state index in [-0.39, 0.29) is 11.7 Å². The molecule has 0 spiro atoms. The predicted octanol–water partition coefficient (Wildman–Crippen LogP) is 2.39. The average molecular weight is 274 g/mol. The van der Waals surface area contributed by atoms with E-state index in [1.807, 2.05) is 0 Å². The zero-order chi connectivity index (χ0) is 13.9. The Bertz CT molecular complexity index is 601. The van der Waals surface area contributed by atoms with Gasteiger partial charge in [0.15, 0.2) is 6.29 Å². The number of nitrogens with zero attached hydrogens (tertiary/aromatic N) is 2. The van der Waals surface area contributed by atoms with Crippen LogP contribution in [0.15, 0.2) is 30.5 Å². The van der Waals surface area contributed by atoms with Crippen LogP contribution in [0.25, 0.3) is 0 Å². The molecule has 1 aliphatic heterocycles. The molecule has 3 rings (SSSR count). The first kappa shape index (κ1) is 13.0. The second-order valence-electron chi connectivity index (χ2n) is 4.97. The van der Waals surface area contributed by atoms with Crippen LogP contribution in [0.1, 0.15) is 34.0 Å². The second kappa shape index (κ2) is 5.54. The third-order valence-electron chi connectivity index (χ3n) is 3.52.